The highest BCUT2D eigenvalue weighted by molar-refractivity contribution is 7.98. The van der Waals surface area contributed by atoms with E-state index in [4.69, 9.17) is 4.98 Å². The molecule has 1 atom stereocenters. The Balaban J connectivity index is 1.99. The first-order valence-electron chi connectivity index (χ1n) is 7.86. The number of anilines is 1. The number of nitrogens with zero attached hydrogens (tertiary/aromatic N) is 2. The maximum atomic E-state index is 10.4. The van der Waals surface area contributed by atoms with Crippen LogP contribution in [0.2, 0.25) is 0 Å². The van der Waals surface area contributed by atoms with E-state index in [1.807, 2.05) is 67.8 Å². The molecule has 1 heterocycles. The molecule has 0 aliphatic carbocycles. The van der Waals surface area contributed by atoms with Gasteiger partial charge in [-0.05, 0) is 25.3 Å². The average molecular weight is 339 g/mol. The number of hydrogen-bond acceptors (Lipinski definition) is 5. The van der Waals surface area contributed by atoms with Crippen LogP contribution >= 0.6 is 11.8 Å². The lowest BCUT2D eigenvalue weighted by Crippen LogP contribution is -2.36. The predicted molar refractivity (Wildman–Crippen MR) is 102 cm³/mol. The standard InChI is InChI=1S/C19H21N3OS/c1-19(23,13-24-2)12-20-18-15-10-6-7-11-16(15)21-17(22-18)14-8-4-3-5-9-14/h3-11,23H,12-13H2,1-2H3,(H,20,21,22). The molecule has 5 heteroatoms. The molecular formula is C19H21N3OS. The van der Waals surface area contributed by atoms with Gasteiger partial charge in [0.2, 0.25) is 0 Å². The quantitative estimate of drug-likeness (QED) is 0.715. The maximum Gasteiger partial charge on any atom is 0.162 e. The summed E-state index contributed by atoms with van der Waals surface area (Å²) in [5.74, 6) is 2.09. The fourth-order valence-corrected chi connectivity index (χ4v) is 3.29. The molecule has 0 aliphatic rings. The summed E-state index contributed by atoms with van der Waals surface area (Å²) in [6.07, 6.45) is 1.99. The van der Waals surface area contributed by atoms with E-state index in [9.17, 15) is 5.11 Å². The highest BCUT2D eigenvalue weighted by Crippen LogP contribution is 2.25. The van der Waals surface area contributed by atoms with Gasteiger partial charge in [0.05, 0.1) is 11.1 Å². The topological polar surface area (TPSA) is 58.0 Å². The van der Waals surface area contributed by atoms with Crippen LogP contribution in [0.5, 0.6) is 0 Å². The number of thioether (sulfide) groups is 1. The number of benzene rings is 2. The monoisotopic (exact) mass is 339 g/mol. The van der Waals surface area contributed by atoms with Crippen molar-refractivity contribution in [1.82, 2.24) is 9.97 Å². The zero-order valence-corrected chi connectivity index (χ0v) is 14.7. The Morgan fingerprint density at radius 1 is 1.04 bits per heavy atom. The van der Waals surface area contributed by atoms with Crippen LogP contribution in [0.3, 0.4) is 0 Å². The van der Waals surface area contributed by atoms with Crippen LogP contribution in [-0.4, -0.2) is 39.2 Å². The van der Waals surface area contributed by atoms with Crippen molar-refractivity contribution in [3.63, 3.8) is 0 Å². The molecule has 0 saturated carbocycles. The van der Waals surface area contributed by atoms with Crippen molar-refractivity contribution in [2.24, 2.45) is 0 Å². The predicted octanol–water partition coefficient (Wildman–Crippen LogP) is 3.82. The van der Waals surface area contributed by atoms with E-state index in [-0.39, 0.29) is 0 Å². The molecule has 24 heavy (non-hydrogen) atoms. The summed E-state index contributed by atoms with van der Waals surface area (Å²) in [6.45, 7) is 2.26. The lowest BCUT2D eigenvalue weighted by Gasteiger charge is -2.23. The van der Waals surface area contributed by atoms with E-state index in [0.717, 1.165) is 22.3 Å². The van der Waals surface area contributed by atoms with Gasteiger partial charge in [-0.2, -0.15) is 11.8 Å². The molecule has 0 aliphatic heterocycles. The second-order valence-electron chi connectivity index (χ2n) is 6.06. The third-order valence-electron chi connectivity index (χ3n) is 3.73. The number of aromatic nitrogens is 2. The van der Waals surface area contributed by atoms with Crippen molar-refractivity contribution >= 4 is 28.5 Å². The molecule has 124 valence electrons. The van der Waals surface area contributed by atoms with Gasteiger partial charge < -0.3 is 10.4 Å². The number of nitrogens with one attached hydrogen (secondary N) is 1. The summed E-state index contributed by atoms with van der Waals surface area (Å²) in [7, 11) is 0. The summed E-state index contributed by atoms with van der Waals surface area (Å²) >= 11 is 1.62. The first-order valence-corrected chi connectivity index (χ1v) is 9.26. The number of para-hydroxylation sites is 1. The van der Waals surface area contributed by atoms with Gasteiger partial charge in [0.25, 0.3) is 0 Å². The van der Waals surface area contributed by atoms with E-state index < -0.39 is 5.60 Å². The van der Waals surface area contributed by atoms with Crippen LogP contribution in [0.25, 0.3) is 22.3 Å². The Kier molecular flexibility index (Phi) is 5.02. The van der Waals surface area contributed by atoms with Gasteiger partial charge in [0, 0.05) is 23.2 Å². The largest absolute Gasteiger partial charge is 0.387 e. The van der Waals surface area contributed by atoms with Gasteiger partial charge in [0.1, 0.15) is 5.82 Å². The zero-order valence-electron chi connectivity index (χ0n) is 13.9. The third-order valence-corrected chi connectivity index (χ3v) is 4.64. The van der Waals surface area contributed by atoms with Crippen LogP contribution in [0.15, 0.2) is 54.6 Å². The van der Waals surface area contributed by atoms with E-state index in [1.165, 1.54) is 0 Å². The van der Waals surface area contributed by atoms with Crippen molar-refractivity contribution in [2.45, 2.75) is 12.5 Å². The van der Waals surface area contributed by atoms with E-state index in [2.05, 4.69) is 10.3 Å². The second kappa shape index (κ2) is 7.20. The molecule has 3 rings (SSSR count). The Morgan fingerprint density at radius 3 is 2.50 bits per heavy atom. The molecule has 0 spiro atoms. The minimum atomic E-state index is -0.793. The fourth-order valence-electron chi connectivity index (χ4n) is 2.56. The van der Waals surface area contributed by atoms with Crippen molar-refractivity contribution in [1.29, 1.82) is 0 Å². The first-order chi connectivity index (χ1) is 11.6. The summed E-state index contributed by atoms with van der Waals surface area (Å²) in [5, 5.41) is 14.7. The van der Waals surface area contributed by atoms with Crippen LogP contribution in [-0.2, 0) is 0 Å². The van der Waals surface area contributed by atoms with Gasteiger partial charge in [0.15, 0.2) is 5.82 Å². The van der Waals surface area contributed by atoms with E-state index in [1.54, 1.807) is 11.8 Å². The van der Waals surface area contributed by atoms with Gasteiger partial charge in [-0.3, -0.25) is 0 Å². The maximum absolute atomic E-state index is 10.4. The fraction of sp³-hybridized carbons (Fsp3) is 0.263. The summed E-state index contributed by atoms with van der Waals surface area (Å²) in [4.78, 5) is 9.36. The van der Waals surface area contributed by atoms with Crippen molar-refractivity contribution in [2.75, 3.05) is 23.9 Å². The Labute approximate surface area is 146 Å². The molecular weight excluding hydrogens is 318 g/mol. The Morgan fingerprint density at radius 2 is 1.75 bits per heavy atom. The molecule has 3 aromatic rings. The van der Waals surface area contributed by atoms with Crippen LogP contribution in [0, 0.1) is 0 Å². The number of rotatable bonds is 6. The summed E-state index contributed by atoms with van der Waals surface area (Å²) in [6, 6.07) is 17.8. The highest BCUT2D eigenvalue weighted by Gasteiger charge is 2.20. The van der Waals surface area contributed by atoms with Crippen LogP contribution in [0.4, 0.5) is 5.82 Å². The lowest BCUT2D eigenvalue weighted by molar-refractivity contribution is 0.0996. The second-order valence-corrected chi connectivity index (χ2v) is 6.93. The summed E-state index contributed by atoms with van der Waals surface area (Å²) < 4.78 is 0. The van der Waals surface area contributed by atoms with E-state index in [0.29, 0.717) is 18.1 Å². The molecule has 0 fully saturated rings. The SMILES string of the molecule is CSCC(C)(O)CNc1nc(-c2ccccc2)nc2ccccc12. The molecule has 0 amide bonds. The Hall–Kier alpha value is -2.11. The number of aliphatic hydroxyl groups is 1. The number of fused-ring (bicyclic) bond motifs is 1. The smallest absolute Gasteiger partial charge is 0.162 e. The van der Waals surface area contributed by atoms with Crippen molar-refractivity contribution < 1.29 is 5.11 Å². The highest BCUT2D eigenvalue weighted by atomic mass is 32.2. The average Bonchev–Trinajstić information content (AvgIpc) is 2.60. The van der Waals surface area contributed by atoms with Crippen LogP contribution < -0.4 is 5.32 Å². The molecule has 2 aromatic carbocycles. The number of hydrogen-bond donors (Lipinski definition) is 2. The molecule has 4 nitrogen and oxygen atoms in total. The third kappa shape index (κ3) is 3.86. The van der Waals surface area contributed by atoms with Crippen LogP contribution in [0.1, 0.15) is 6.92 Å². The minimum Gasteiger partial charge on any atom is -0.387 e. The molecule has 1 aromatic heterocycles. The first kappa shape index (κ1) is 16.7. The van der Waals surface area contributed by atoms with E-state index >= 15 is 0 Å². The minimum absolute atomic E-state index is 0.434. The zero-order chi connectivity index (χ0) is 17.0. The Bertz CT molecular complexity index is 821. The normalized spacial score (nSPS) is 13.6. The van der Waals surface area contributed by atoms with Crippen molar-refractivity contribution in [3.05, 3.63) is 54.6 Å². The molecule has 1 unspecified atom stereocenters. The van der Waals surface area contributed by atoms with Gasteiger partial charge in [-0.25, -0.2) is 9.97 Å². The summed E-state index contributed by atoms with van der Waals surface area (Å²) in [5.41, 5.74) is 1.07. The lowest BCUT2D eigenvalue weighted by atomic mass is 10.1. The van der Waals surface area contributed by atoms with Gasteiger partial charge >= 0.3 is 0 Å². The molecule has 0 saturated heterocycles. The van der Waals surface area contributed by atoms with Crippen molar-refractivity contribution in [3.8, 4) is 11.4 Å². The van der Waals surface area contributed by atoms with Gasteiger partial charge in [-0.15, -0.1) is 0 Å². The molecule has 2 N–H and O–H groups in total. The molecule has 0 radical (unpaired) electrons. The molecule has 0 bridgehead atoms. The van der Waals surface area contributed by atoms with Gasteiger partial charge in [-0.1, -0.05) is 42.5 Å².